The van der Waals surface area contributed by atoms with Crippen molar-refractivity contribution in [2.45, 2.75) is 52.5 Å². The molecule has 1 saturated carbocycles. The predicted octanol–water partition coefficient (Wildman–Crippen LogP) is 4.10. The minimum Gasteiger partial charge on any atom is -0.314 e. The van der Waals surface area contributed by atoms with Gasteiger partial charge in [-0.15, -0.1) is 11.3 Å². The molecule has 1 N–H and O–H groups in total. The Kier molecular flexibility index (Phi) is 4.26. The van der Waals surface area contributed by atoms with E-state index in [0.717, 1.165) is 5.92 Å². The summed E-state index contributed by atoms with van der Waals surface area (Å²) in [6.07, 6.45) is 5.48. The lowest BCUT2D eigenvalue weighted by molar-refractivity contribution is 0.231. The van der Waals surface area contributed by atoms with Gasteiger partial charge in [-0.2, -0.15) is 0 Å². The normalized spacial score (nSPS) is 19.5. The molecule has 1 unspecified atom stereocenters. The van der Waals surface area contributed by atoms with Crippen LogP contribution in [0.2, 0.25) is 0 Å². The van der Waals surface area contributed by atoms with Crippen molar-refractivity contribution in [1.82, 2.24) is 5.32 Å². The van der Waals surface area contributed by atoms with E-state index in [-0.39, 0.29) is 0 Å². The zero-order valence-corrected chi connectivity index (χ0v) is 12.1. The van der Waals surface area contributed by atoms with Gasteiger partial charge in [0.25, 0.3) is 0 Å². The van der Waals surface area contributed by atoms with Crippen LogP contribution in [0.25, 0.3) is 0 Å². The van der Waals surface area contributed by atoms with Crippen LogP contribution in [0.1, 0.15) is 44.9 Å². The van der Waals surface area contributed by atoms with Gasteiger partial charge in [-0.1, -0.05) is 26.8 Å². The third kappa shape index (κ3) is 3.82. The molecule has 2 rings (SSSR count). The quantitative estimate of drug-likeness (QED) is 0.769. The molecule has 0 saturated heterocycles. The third-order valence-corrected chi connectivity index (χ3v) is 4.94. The SMILES string of the molecule is CC(C)NCC(C)(CCc1cccs1)C1CC1. The van der Waals surface area contributed by atoms with Crippen molar-refractivity contribution in [2.24, 2.45) is 11.3 Å². The molecule has 1 nitrogen and oxygen atoms in total. The van der Waals surface area contributed by atoms with Gasteiger partial charge in [-0.25, -0.2) is 0 Å². The lowest BCUT2D eigenvalue weighted by Crippen LogP contribution is -2.37. The fraction of sp³-hybridized carbons (Fsp3) is 0.733. The van der Waals surface area contributed by atoms with Crippen LogP contribution in [0.15, 0.2) is 17.5 Å². The van der Waals surface area contributed by atoms with Crippen molar-refractivity contribution < 1.29 is 0 Å². The maximum Gasteiger partial charge on any atom is 0.00454 e. The number of aryl methyl sites for hydroxylation is 1. The molecule has 0 spiro atoms. The molecule has 1 aromatic rings. The second kappa shape index (κ2) is 5.53. The van der Waals surface area contributed by atoms with E-state index in [1.165, 1.54) is 32.2 Å². The minimum atomic E-state index is 0.508. The summed E-state index contributed by atoms with van der Waals surface area (Å²) in [5.41, 5.74) is 0.508. The molecule has 1 aliphatic carbocycles. The molecule has 0 aliphatic heterocycles. The standard InChI is InChI=1S/C15H25NS/c1-12(2)16-11-15(3,13-6-7-13)9-8-14-5-4-10-17-14/h4-5,10,12-13,16H,6-9,11H2,1-3H3. The summed E-state index contributed by atoms with van der Waals surface area (Å²) in [6, 6.07) is 5.05. The van der Waals surface area contributed by atoms with E-state index in [0.29, 0.717) is 11.5 Å². The Balaban J connectivity index is 1.87. The van der Waals surface area contributed by atoms with E-state index in [1.54, 1.807) is 4.88 Å². The summed E-state index contributed by atoms with van der Waals surface area (Å²) in [5.74, 6) is 0.966. The minimum absolute atomic E-state index is 0.508. The number of hydrogen-bond acceptors (Lipinski definition) is 2. The van der Waals surface area contributed by atoms with Gasteiger partial charge in [0.05, 0.1) is 0 Å². The highest BCUT2D eigenvalue weighted by Gasteiger charge is 2.40. The summed E-state index contributed by atoms with van der Waals surface area (Å²) in [6.45, 7) is 8.15. The molecule has 17 heavy (non-hydrogen) atoms. The van der Waals surface area contributed by atoms with Gasteiger partial charge < -0.3 is 5.32 Å². The first-order chi connectivity index (χ1) is 8.10. The summed E-state index contributed by atoms with van der Waals surface area (Å²) in [7, 11) is 0. The van der Waals surface area contributed by atoms with E-state index in [9.17, 15) is 0 Å². The van der Waals surface area contributed by atoms with Crippen molar-refractivity contribution in [3.05, 3.63) is 22.4 Å². The van der Waals surface area contributed by atoms with E-state index < -0.39 is 0 Å². The van der Waals surface area contributed by atoms with Crippen LogP contribution in [0.4, 0.5) is 0 Å². The lowest BCUT2D eigenvalue weighted by Gasteiger charge is -2.31. The largest absolute Gasteiger partial charge is 0.314 e. The van der Waals surface area contributed by atoms with Crippen LogP contribution in [0.5, 0.6) is 0 Å². The lowest BCUT2D eigenvalue weighted by atomic mass is 9.80. The van der Waals surface area contributed by atoms with Gasteiger partial charge in [0.2, 0.25) is 0 Å². The van der Waals surface area contributed by atoms with E-state index >= 15 is 0 Å². The Morgan fingerprint density at radius 2 is 2.24 bits per heavy atom. The zero-order valence-electron chi connectivity index (χ0n) is 11.3. The summed E-state index contributed by atoms with van der Waals surface area (Å²) in [5, 5.41) is 5.83. The molecular weight excluding hydrogens is 226 g/mol. The molecule has 1 aliphatic rings. The fourth-order valence-electron chi connectivity index (χ4n) is 2.52. The van der Waals surface area contributed by atoms with Gasteiger partial charge in [0.15, 0.2) is 0 Å². The molecule has 96 valence electrons. The van der Waals surface area contributed by atoms with Crippen molar-refractivity contribution in [1.29, 1.82) is 0 Å². The highest BCUT2D eigenvalue weighted by atomic mass is 32.1. The van der Waals surface area contributed by atoms with Gasteiger partial charge in [0, 0.05) is 17.5 Å². The number of thiophene rings is 1. The highest BCUT2D eigenvalue weighted by Crippen LogP contribution is 2.47. The van der Waals surface area contributed by atoms with Gasteiger partial charge in [-0.3, -0.25) is 0 Å². The summed E-state index contributed by atoms with van der Waals surface area (Å²) >= 11 is 1.90. The van der Waals surface area contributed by atoms with Crippen molar-refractivity contribution >= 4 is 11.3 Å². The summed E-state index contributed by atoms with van der Waals surface area (Å²) in [4.78, 5) is 1.54. The van der Waals surface area contributed by atoms with E-state index in [2.05, 4.69) is 43.6 Å². The fourth-order valence-corrected chi connectivity index (χ4v) is 3.23. The van der Waals surface area contributed by atoms with Crippen molar-refractivity contribution in [3.8, 4) is 0 Å². The maximum atomic E-state index is 3.64. The Morgan fingerprint density at radius 3 is 2.76 bits per heavy atom. The number of rotatable bonds is 7. The topological polar surface area (TPSA) is 12.0 Å². The van der Waals surface area contributed by atoms with E-state index in [1.807, 2.05) is 11.3 Å². The molecule has 1 aromatic heterocycles. The average Bonchev–Trinajstić information content (AvgIpc) is 3.02. The van der Waals surface area contributed by atoms with Crippen molar-refractivity contribution in [2.75, 3.05) is 6.54 Å². The van der Waals surface area contributed by atoms with Crippen LogP contribution in [-0.4, -0.2) is 12.6 Å². The molecule has 0 bridgehead atoms. The zero-order chi connectivity index (χ0) is 12.3. The van der Waals surface area contributed by atoms with Crippen LogP contribution in [-0.2, 0) is 6.42 Å². The van der Waals surface area contributed by atoms with Gasteiger partial charge >= 0.3 is 0 Å². The summed E-state index contributed by atoms with van der Waals surface area (Å²) < 4.78 is 0. The molecule has 1 fully saturated rings. The molecular formula is C15H25NS. The highest BCUT2D eigenvalue weighted by molar-refractivity contribution is 7.09. The predicted molar refractivity (Wildman–Crippen MR) is 76.6 cm³/mol. The number of nitrogens with one attached hydrogen (secondary N) is 1. The van der Waals surface area contributed by atoms with Crippen molar-refractivity contribution in [3.63, 3.8) is 0 Å². The van der Waals surface area contributed by atoms with Gasteiger partial charge in [0.1, 0.15) is 0 Å². The first kappa shape index (κ1) is 13.1. The number of hydrogen-bond donors (Lipinski definition) is 1. The van der Waals surface area contributed by atoms with Gasteiger partial charge in [-0.05, 0) is 48.5 Å². The molecule has 0 aromatic carbocycles. The van der Waals surface area contributed by atoms with Crippen LogP contribution in [0, 0.1) is 11.3 Å². The van der Waals surface area contributed by atoms with Crippen LogP contribution >= 0.6 is 11.3 Å². The van der Waals surface area contributed by atoms with E-state index in [4.69, 9.17) is 0 Å². The Hall–Kier alpha value is -0.340. The Labute approximate surface area is 110 Å². The molecule has 0 amide bonds. The Bertz CT molecular complexity index is 327. The smallest absolute Gasteiger partial charge is 0.00454 e. The molecule has 2 heteroatoms. The maximum absolute atomic E-state index is 3.64. The second-order valence-corrected chi connectivity index (χ2v) is 7.08. The van der Waals surface area contributed by atoms with Crippen LogP contribution < -0.4 is 5.32 Å². The Morgan fingerprint density at radius 1 is 1.47 bits per heavy atom. The first-order valence-electron chi connectivity index (χ1n) is 6.86. The molecule has 0 radical (unpaired) electrons. The van der Waals surface area contributed by atoms with Crippen LogP contribution in [0.3, 0.4) is 0 Å². The first-order valence-corrected chi connectivity index (χ1v) is 7.74. The monoisotopic (exact) mass is 251 g/mol. The molecule has 1 heterocycles. The third-order valence-electron chi connectivity index (χ3n) is 4.00. The second-order valence-electron chi connectivity index (χ2n) is 6.04. The average molecular weight is 251 g/mol. The molecule has 1 atom stereocenters.